The standard InChI is InChI=1S/C25H22N2O5/c1-2-32-25(31)16-8-10-18(11-9-16)26-23(29)20-14-19-21(27-24(20)30)12-17(13-22(19)28)15-6-4-3-5-7-15/h3-11,14,17,19H,2,12-13H2,1H3,(H,26,29). The average molecular weight is 430 g/mol. The molecule has 1 N–H and O–H groups in total. The van der Waals surface area contributed by atoms with Gasteiger partial charge in [0.15, 0.2) is 0 Å². The van der Waals surface area contributed by atoms with E-state index in [4.69, 9.17) is 4.74 Å². The van der Waals surface area contributed by atoms with Gasteiger partial charge in [0, 0.05) is 17.8 Å². The molecule has 2 aromatic rings. The minimum absolute atomic E-state index is 0.0202. The van der Waals surface area contributed by atoms with Crippen molar-refractivity contribution in [2.45, 2.75) is 25.7 Å². The van der Waals surface area contributed by atoms with Gasteiger partial charge in [-0.3, -0.25) is 14.4 Å². The van der Waals surface area contributed by atoms with Gasteiger partial charge in [0.2, 0.25) is 0 Å². The molecule has 1 aliphatic carbocycles. The maximum Gasteiger partial charge on any atom is 0.338 e. The molecule has 4 rings (SSSR count). The number of dihydropyridines is 1. The van der Waals surface area contributed by atoms with Crippen molar-refractivity contribution in [3.63, 3.8) is 0 Å². The molecule has 2 unspecified atom stereocenters. The van der Waals surface area contributed by atoms with E-state index in [1.165, 1.54) is 18.2 Å². The van der Waals surface area contributed by atoms with Gasteiger partial charge >= 0.3 is 5.97 Å². The number of hydrogen-bond acceptors (Lipinski definition) is 5. The third-order valence-corrected chi connectivity index (χ3v) is 5.59. The fourth-order valence-corrected chi connectivity index (χ4v) is 3.98. The number of carbonyl (C=O) groups excluding carboxylic acids is 4. The van der Waals surface area contributed by atoms with Gasteiger partial charge in [-0.15, -0.1) is 0 Å². The second kappa shape index (κ2) is 9.09. The van der Waals surface area contributed by atoms with Crippen LogP contribution in [0.2, 0.25) is 0 Å². The maximum atomic E-state index is 12.8. The summed E-state index contributed by atoms with van der Waals surface area (Å²) in [6.45, 7) is 1.98. The number of nitrogens with zero attached hydrogens (tertiary/aromatic N) is 1. The molecule has 7 heteroatoms. The van der Waals surface area contributed by atoms with Crippen LogP contribution in [0.4, 0.5) is 5.69 Å². The highest BCUT2D eigenvalue weighted by atomic mass is 16.5. The van der Waals surface area contributed by atoms with E-state index in [0.717, 1.165) is 5.56 Å². The first-order chi connectivity index (χ1) is 15.5. The van der Waals surface area contributed by atoms with E-state index >= 15 is 0 Å². The summed E-state index contributed by atoms with van der Waals surface area (Å²) in [5, 5.41) is 2.62. The molecule has 1 fully saturated rings. The molecule has 0 aromatic heterocycles. The van der Waals surface area contributed by atoms with Crippen LogP contribution in [-0.2, 0) is 19.1 Å². The second-order valence-corrected chi connectivity index (χ2v) is 7.70. The Bertz CT molecular complexity index is 1130. The summed E-state index contributed by atoms with van der Waals surface area (Å²) < 4.78 is 4.93. The first-order valence-electron chi connectivity index (χ1n) is 10.5. The fourth-order valence-electron chi connectivity index (χ4n) is 3.98. The lowest BCUT2D eigenvalue weighted by Gasteiger charge is -2.30. The van der Waals surface area contributed by atoms with Crippen LogP contribution in [0.3, 0.4) is 0 Å². The zero-order chi connectivity index (χ0) is 22.7. The van der Waals surface area contributed by atoms with Crippen molar-refractivity contribution in [3.8, 4) is 0 Å². The number of ketones is 1. The lowest BCUT2D eigenvalue weighted by molar-refractivity contribution is -0.121. The van der Waals surface area contributed by atoms with Gasteiger partial charge in [0.1, 0.15) is 11.4 Å². The Morgan fingerprint density at radius 1 is 1.03 bits per heavy atom. The summed E-state index contributed by atoms with van der Waals surface area (Å²) >= 11 is 0. The van der Waals surface area contributed by atoms with Gasteiger partial charge in [0.25, 0.3) is 11.8 Å². The number of esters is 1. The van der Waals surface area contributed by atoms with Crippen molar-refractivity contribution >= 4 is 35.0 Å². The number of aliphatic imine (C=N–C) groups is 1. The Balaban J connectivity index is 1.47. The zero-order valence-electron chi connectivity index (χ0n) is 17.5. The smallest absolute Gasteiger partial charge is 0.338 e. The molecule has 2 aliphatic rings. The number of Topliss-reactive ketones (excluding diaryl/α,β-unsaturated/α-hetero) is 1. The lowest BCUT2D eigenvalue weighted by Crippen LogP contribution is -2.36. The van der Waals surface area contributed by atoms with Crippen LogP contribution in [0.25, 0.3) is 0 Å². The quantitative estimate of drug-likeness (QED) is 0.578. The Hall–Kier alpha value is -3.87. The predicted octanol–water partition coefficient (Wildman–Crippen LogP) is 3.47. The molecular weight excluding hydrogens is 408 g/mol. The van der Waals surface area contributed by atoms with E-state index in [9.17, 15) is 19.2 Å². The molecule has 32 heavy (non-hydrogen) atoms. The van der Waals surface area contributed by atoms with Crippen molar-refractivity contribution in [1.82, 2.24) is 0 Å². The van der Waals surface area contributed by atoms with Crippen molar-refractivity contribution in [2.24, 2.45) is 10.9 Å². The second-order valence-electron chi connectivity index (χ2n) is 7.70. The SMILES string of the molecule is CCOC(=O)c1ccc(NC(=O)C2=CC3C(=O)CC(c4ccccc4)CC3=NC2=O)cc1. The van der Waals surface area contributed by atoms with Gasteiger partial charge < -0.3 is 10.1 Å². The topological polar surface area (TPSA) is 102 Å². The summed E-state index contributed by atoms with van der Waals surface area (Å²) in [6, 6.07) is 15.8. The van der Waals surface area contributed by atoms with Crippen molar-refractivity contribution < 1.29 is 23.9 Å². The number of benzene rings is 2. The zero-order valence-corrected chi connectivity index (χ0v) is 17.5. The third kappa shape index (κ3) is 4.42. The normalized spacial score (nSPS) is 20.0. The Kier molecular flexibility index (Phi) is 6.07. The van der Waals surface area contributed by atoms with Gasteiger partial charge in [-0.2, -0.15) is 0 Å². The van der Waals surface area contributed by atoms with E-state index < -0.39 is 23.7 Å². The number of nitrogens with one attached hydrogen (secondary N) is 1. The predicted molar refractivity (Wildman–Crippen MR) is 118 cm³/mol. The maximum absolute atomic E-state index is 12.8. The summed E-state index contributed by atoms with van der Waals surface area (Å²) in [7, 11) is 0. The molecule has 0 bridgehead atoms. The van der Waals surface area contributed by atoms with Gasteiger partial charge in [-0.05, 0) is 55.2 Å². The van der Waals surface area contributed by atoms with Crippen LogP contribution >= 0.6 is 0 Å². The molecule has 162 valence electrons. The van der Waals surface area contributed by atoms with Crippen LogP contribution in [-0.4, -0.2) is 35.9 Å². The highest BCUT2D eigenvalue weighted by Crippen LogP contribution is 2.35. The number of anilines is 1. The number of fused-ring (bicyclic) bond motifs is 1. The van der Waals surface area contributed by atoms with E-state index in [1.807, 2.05) is 30.3 Å². The molecular formula is C25H22N2O5. The number of hydrogen-bond donors (Lipinski definition) is 1. The fraction of sp³-hybridized carbons (Fsp3) is 0.240. The summed E-state index contributed by atoms with van der Waals surface area (Å²) in [6.07, 6.45) is 2.27. The third-order valence-electron chi connectivity index (χ3n) is 5.59. The molecule has 1 saturated carbocycles. The molecule has 2 aromatic carbocycles. The minimum Gasteiger partial charge on any atom is -0.462 e. The Morgan fingerprint density at radius 3 is 2.44 bits per heavy atom. The first-order valence-corrected chi connectivity index (χ1v) is 10.5. The number of allylic oxidation sites excluding steroid dienone is 1. The molecule has 0 saturated heterocycles. The highest BCUT2D eigenvalue weighted by Gasteiger charge is 2.38. The van der Waals surface area contributed by atoms with Crippen molar-refractivity contribution in [2.75, 3.05) is 11.9 Å². The molecule has 1 aliphatic heterocycles. The van der Waals surface area contributed by atoms with Gasteiger partial charge in [-0.1, -0.05) is 30.3 Å². The number of carbonyl (C=O) groups is 4. The molecule has 7 nitrogen and oxygen atoms in total. The van der Waals surface area contributed by atoms with E-state index in [2.05, 4.69) is 10.3 Å². The van der Waals surface area contributed by atoms with Crippen molar-refractivity contribution in [1.29, 1.82) is 0 Å². The number of ether oxygens (including phenoxy) is 1. The lowest BCUT2D eigenvalue weighted by atomic mass is 9.75. The van der Waals surface area contributed by atoms with E-state index in [1.54, 1.807) is 19.1 Å². The van der Waals surface area contributed by atoms with E-state index in [0.29, 0.717) is 29.8 Å². The van der Waals surface area contributed by atoms with Crippen molar-refractivity contribution in [3.05, 3.63) is 77.4 Å². The van der Waals surface area contributed by atoms with Gasteiger partial charge in [-0.25, -0.2) is 9.79 Å². The minimum atomic E-state index is -0.654. The van der Waals surface area contributed by atoms with Gasteiger partial charge in [0.05, 0.1) is 18.1 Å². The van der Waals surface area contributed by atoms with Crippen LogP contribution in [0.5, 0.6) is 0 Å². The average Bonchev–Trinajstić information content (AvgIpc) is 2.79. The monoisotopic (exact) mass is 430 g/mol. The largest absolute Gasteiger partial charge is 0.462 e. The molecule has 1 heterocycles. The van der Waals surface area contributed by atoms with E-state index in [-0.39, 0.29) is 23.9 Å². The van der Waals surface area contributed by atoms with Crippen LogP contribution in [0.15, 0.2) is 71.2 Å². The summed E-state index contributed by atoms with van der Waals surface area (Å²) in [4.78, 5) is 53.9. The van der Waals surface area contributed by atoms with Crippen LogP contribution in [0.1, 0.15) is 41.6 Å². The molecule has 0 radical (unpaired) electrons. The Morgan fingerprint density at radius 2 is 1.75 bits per heavy atom. The van der Waals surface area contributed by atoms with Crippen LogP contribution < -0.4 is 5.32 Å². The molecule has 2 atom stereocenters. The molecule has 0 spiro atoms. The summed E-state index contributed by atoms with van der Waals surface area (Å²) in [5.41, 5.74) is 2.15. The summed E-state index contributed by atoms with van der Waals surface area (Å²) in [5.74, 6) is -2.48. The highest BCUT2D eigenvalue weighted by molar-refractivity contribution is 6.29. The first kappa shape index (κ1) is 21.4. The molecule has 2 amide bonds. The van der Waals surface area contributed by atoms with Crippen LogP contribution in [0, 0.1) is 5.92 Å². The number of rotatable bonds is 5. The Labute approximate surface area is 185 Å². The number of amides is 2.